The largest absolute Gasteiger partial charge is 0.494 e. The predicted molar refractivity (Wildman–Crippen MR) is 97.3 cm³/mol. The molecule has 0 saturated carbocycles. The average molecular weight is 412 g/mol. The number of hydrogen-bond acceptors (Lipinski definition) is 5. The molecule has 1 aliphatic heterocycles. The number of halogens is 4. The summed E-state index contributed by atoms with van der Waals surface area (Å²) in [6.07, 6.45) is -3.24. The molecule has 0 radical (unpaired) electrons. The van der Waals surface area contributed by atoms with Crippen molar-refractivity contribution in [3.8, 4) is 5.75 Å². The molecule has 1 saturated heterocycles. The molecule has 10 heteroatoms. The smallest absolute Gasteiger partial charge is 0.471 e. The summed E-state index contributed by atoms with van der Waals surface area (Å²) >= 11 is 0. The molecular formula is C19H20F4N4O2. The molecule has 1 aromatic carbocycles. The van der Waals surface area contributed by atoms with E-state index in [9.17, 15) is 22.4 Å². The summed E-state index contributed by atoms with van der Waals surface area (Å²) in [4.78, 5) is 21.6. The van der Waals surface area contributed by atoms with Crippen molar-refractivity contribution in [1.29, 1.82) is 0 Å². The van der Waals surface area contributed by atoms with Gasteiger partial charge in [-0.3, -0.25) is 4.79 Å². The van der Waals surface area contributed by atoms with E-state index in [1.807, 2.05) is 0 Å². The number of nitrogens with one attached hydrogen (secondary N) is 1. The van der Waals surface area contributed by atoms with E-state index in [2.05, 4.69) is 15.3 Å². The van der Waals surface area contributed by atoms with E-state index in [4.69, 9.17) is 4.74 Å². The molecule has 1 fully saturated rings. The van der Waals surface area contributed by atoms with Crippen molar-refractivity contribution in [3.05, 3.63) is 47.7 Å². The predicted octanol–water partition coefficient (Wildman–Crippen LogP) is 2.97. The number of piperidine rings is 1. The lowest BCUT2D eigenvalue weighted by Crippen LogP contribution is -2.54. The molecule has 1 N–H and O–H groups in total. The van der Waals surface area contributed by atoms with Crippen LogP contribution in [0.2, 0.25) is 0 Å². The first-order valence-electron chi connectivity index (χ1n) is 8.93. The van der Waals surface area contributed by atoms with Crippen LogP contribution in [0.3, 0.4) is 0 Å². The summed E-state index contributed by atoms with van der Waals surface area (Å²) in [5.41, 5.74) is 1.21. The van der Waals surface area contributed by atoms with Gasteiger partial charge in [0.1, 0.15) is 12.1 Å². The molecule has 0 spiro atoms. The Morgan fingerprint density at radius 3 is 2.66 bits per heavy atom. The van der Waals surface area contributed by atoms with Crippen molar-refractivity contribution in [1.82, 2.24) is 15.3 Å². The Kier molecular flexibility index (Phi) is 5.90. The number of alkyl halides is 3. The first-order chi connectivity index (χ1) is 13.7. The van der Waals surface area contributed by atoms with Crippen LogP contribution in [0.25, 0.3) is 0 Å². The summed E-state index contributed by atoms with van der Waals surface area (Å²) in [6, 6.07) is 5.09. The Bertz CT molecular complexity index is 891. The fraction of sp³-hybridized carbons (Fsp3) is 0.421. The number of carbonyl (C=O) groups is 1. The molecule has 1 amide bonds. The Morgan fingerprint density at radius 2 is 2.03 bits per heavy atom. The van der Waals surface area contributed by atoms with Gasteiger partial charge in [-0.1, -0.05) is 6.07 Å². The number of rotatable bonds is 4. The first-order valence-corrected chi connectivity index (χ1v) is 8.93. The molecule has 2 heterocycles. The van der Waals surface area contributed by atoms with E-state index in [1.165, 1.54) is 25.6 Å². The minimum Gasteiger partial charge on any atom is -0.494 e. The maximum absolute atomic E-state index is 14.2. The molecular weight excluding hydrogens is 392 g/mol. The topological polar surface area (TPSA) is 67.3 Å². The van der Waals surface area contributed by atoms with Gasteiger partial charge in [0.15, 0.2) is 11.6 Å². The number of amides is 1. The number of anilines is 1. The Labute approximate surface area is 164 Å². The highest BCUT2D eigenvalue weighted by molar-refractivity contribution is 5.82. The van der Waals surface area contributed by atoms with Crippen molar-refractivity contribution in [3.63, 3.8) is 0 Å². The van der Waals surface area contributed by atoms with Gasteiger partial charge in [0.25, 0.3) is 0 Å². The first kappa shape index (κ1) is 20.8. The molecule has 0 aliphatic carbocycles. The van der Waals surface area contributed by atoms with Gasteiger partial charge in [-0.15, -0.1) is 0 Å². The van der Waals surface area contributed by atoms with Crippen LogP contribution in [0.4, 0.5) is 23.4 Å². The minimum absolute atomic E-state index is 0.0403. The molecule has 2 unspecified atom stereocenters. The lowest BCUT2D eigenvalue weighted by Gasteiger charge is -2.40. The average Bonchev–Trinajstić information content (AvgIpc) is 2.67. The summed E-state index contributed by atoms with van der Waals surface area (Å²) < 4.78 is 57.6. The summed E-state index contributed by atoms with van der Waals surface area (Å²) in [7, 11) is 1.33. The van der Waals surface area contributed by atoms with Crippen LogP contribution in [0.1, 0.15) is 23.6 Å². The fourth-order valence-corrected chi connectivity index (χ4v) is 3.48. The second-order valence-electron chi connectivity index (χ2n) is 6.83. The van der Waals surface area contributed by atoms with Gasteiger partial charge in [0.05, 0.1) is 13.2 Å². The van der Waals surface area contributed by atoms with Gasteiger partial charge in [-0.05, 0) is 31.0 Å². The zero-order valence-electron chi connectivity index (χ0n) is 15.8. The maximum atomic E-state index is 14.2. The number of methoxy groups -OCH3 is 1. The number of carbonyl (C=O) groups excluding carboxylic acids is 1. The standard InChI is InChI=1S/C19H20F4N4O2/c1-11-7-17(25-10-24-11)27-6-5-13(12-3-4-16(29-2)14(20)8-12)15(9-27)26-18(28)19(21,22)23/h3-4,7-8,10,13,15H,5-6,9H2,1-2H3,(H,26,28). The highest BCUT2D eigenvalue weighted by Crippen LogP contribution is 2.33. The summed E-state index contributed by atoms with van der Waals surface area (Å²) in [6.45, 7) is 2.35. The molecule has 1 aromatic heterocycles. The number of nitrogens with zero attached hydrogens (tertiary/aromatic N) is 3. The maximum Gasteiger partial charge on any atom is 0.471 e. The van der Waals surface area contributed by atoms with Crippen molar-refractivity contribution in [2.45, 2.75) is 31.5 Å². The van der Waals surface area contributed by atoms with Crippen LogP contribution in [0, 0.1) is 12.7 Å². The van der Waals surface area contributed by atoms with E-state index in [0.717, 1.165) is 0 Å². The van der Waals surface area contributed by atoms with Gasteiger partial charge in [0, 0.05) is 30.8 Å². The monoisotopic (exact) mass is 412 g/mol. The zero-order valence-corrected chi connectivity index (χ0v) is 15.8. The normalized spacial score (nSPS) is 19.7. The Hall–Kier alpha value is -2.91. The highest BCUT2D eigenvalue weighted by Gasteiger charge is 2.42. The van der Waals surface area contributed by atoms with Crippen molar-refractivity contribution in [2.75, 3.05) is 25.1 Å². The lowest BCUT2D eigenvalue weighted by molar-refractivity contribution is -0.174. The highest BCUT2D eigenvalue weighted by atomic mass is 19.4. The minimum atomic E-state index is -5.01. The lowest BCUT2D eigenvalue weighted by atomic mass is 9.85. The van der Waals surface area contributed by atoms with E-state index >= 15 is 0 Å². The second-order valence-corrected chi connectivity index (χ2v) is 6.83. The van der Waals surface area contributed by atoms with Gasteiger partial charge < -0.3 is 15.0 Å². The van der Waals surface area contributed by atoms with Crippen LogP contribution < -0.4 is 15.0 Å². The molecule has 156 valence electrons. The fourth-order valence-electron chi connectivity index (χ4n) is 3.48. The molecule has 1 aliphatic rings. The number of hydrogen-bond donors (Lipinski definition) is 1. The number of benzene rings is 1. The van der Waals surface area contributed by atoms with E-state index in [1.54, 1.807) is 24.0 Å². The van der Waals surface area contributed by atoms with E-state index in [-0.39, 0.29) is 12.3 Å². The molecule has 2 atom stereocenters. The van der Waals surface area contributed by atoms with E-state index < -0.39 is 29.9 Å². The Balaban J connectivity index is 1.89. The third-order valence-electron chi connectivity index (χ3n) is 4.90. The molecule has 0 bridgehead atoms. The van der Waals surface area contributed by atoms with Gasteiger partial charge in [-0.2, -0.15) is 13.2 Å². The van der Waals surface area contributed by atoms with Crippen LogP contribution in [-0.4, -0.2) is 48.3 Å². The van der Waals surface area contributed by atoms with Crippen LogP contribution in [0.5, 0.6) is 5.75 Å². The Morgan fingerprint density at radius 1 is 1.28 bits per heavy atom. The molecule has 2 aromatic rings. The SMILES string of the molecule is COc1ccc(C2CCN(c3cc(C)ncn3)CC2NC(=O)C(F)(F)F)cc1F. The van der Waals surface area contributed by atoms with Crippen molar-refractivity contribution < 1.29 is 27.1 Å². The summed E-state index contributed by atoms with van der Waals surface area (Å²) in [5.74, 6) is -2.54. The third kappa shape index (κ3) is 4.75. The second kappa shape index (κ2) is 8.22. The summed E-state index contributed by atoms with van der Waals surface area (Å²) in [5, 5.41) is 2.07. The van der Waals surface area contributed by atoms with Gasteiger partial charge in [-0.25, -0.2) is 14.4 Å². The third-order valence-corrected chi connectivity index (χ3v) is 4.90. The zero-order chi connectivity index (χ0) is 21.2. The number of aromatic nitrogens is 2. The van der Waals surface area contributed by atoms with Gasteiger partial charge in [0.2, 0.25) is 0 Å². The van der Waals surface area contributed by atoms with Crippen LogP contribution in [0.15, 0.2) is 30.6 Å². The van der Waals surface area contributed by atoms with E-state index in [0.29, 0.717) is 30.0 Å². The van der Waals surface area contributed by atoms with Crippen molar-refractivity contribution in [2.24, 2.45) is 0 Å². The molecule has 3 rings (SSSR count). The van der Waals surface area contributed by atoms with Crippen LogP contribution >= 0.6 is 0 Å². The van der Waals surface area contributed by atoms with Crippen molar-refractivity contribution >= 4 is 11.7 Å². The van der Waals surface area contributed by atoms with Crippen LogP contribution in [-0.2, 0) is 4.79 Å². The molecule has 29 heavy (non-hydrogen) atoms. The van der Waals surface area contributed by atoms with Gasteiger partial charge >= 0.3 is 12.1 Å². The number of aryl methyl sites for hydroxylation is 1. The quantitative estimate of drug-likeness (QED) is 0.783. The number of ether oxygens (including phenoxy) is 1. The molecule has 6 nitrogen and oxygen atoms in total.